The molecular formula is C64H44N4. The summed E-state index contributed by atoms with van der Waals surface area (Å²) in [6, 6.07) is 84.1. The van der Waals surface area contributed by atoms with Gasteiger partial charge < -0.3 is 14.5 Å². The smallest absolute Gasteiger partial charge is 0.134 e. The van der Waals surface area contributed by atoms with Crippen LogP contribution in [0.1, 0.15) is 34.0 Å². The molecule has 1 aliphatic heterocycles. The standard InChI is InChI=1S/C64H44N4/c1-4-15-41(16-5-1)43-27-29-46(30-28-43)64-65-56-34-33-50(38-53(56)63(66-64)48-22-14-21-47(37-48)42-17-6-2-7-18-42)68-58-36-32-45-20-11-13-26-52(45)62(58)55-39-54-59(40-60(55)68)67(49-23-8-3-9-24-49)57-35-31-44-19-10-12-25-51(44)61(54)57/h1-31,33-35,37-40,63H,32,36H2,(H,65,66). The highest BCUT2D eigenvalue weighted by Crippen LogP contribution is 2.47. The maximum atomic E-state index is 5.40. The monoisotopic (exact) mass is 868 g/mol. The lowest BCUT2D eigenvalue weighted by atomic mass is 9.88. The maximum absolute atomic E-state index is 5.40. The number of hydrogen-bond donors (Lipinski definition) is 1. The molecule has 14 rings (SSSR count). The zero-order valence-corrected chi connectivity index (χ0v) is 37.3. The van der Waals surface area contributed by atoms with Crippen LogP contribution in [0.4, 0.5) is 5.69 Å². The average molecular weight is 869 g/mol. The number of fused-ring (bicyclic) bond motifs is 11. The van der Waals surface area contributed by atoms with E-state index in [2.05, 4.69) is 245 Å². The molecule has 1 N–H and O–H groups in total. The van der Waals surface area contributed by atoms with Crippen molar-refractivity contribution in [3.8, 4) is 44.8 Å². The van der Waals surface area contributed by atoms with E-state index in [-0.39, 0.29) is 6.04 Å². The molecule has 10 aromatic carbocycles. The Hall–Kier alpha value is -8.73. The van der Waals surface area contributed by atoms with Crippen LogP contribution in [-0.4, -0.2) is 15.0 Å². The summed E-state index contributed by atoms with van der Waals surface area (Å²) in [7, 11) is 0. The number of rotatable bonds is 6. The minimum atomic E-state index is -0.158. The molecule has 1 aliphatic carbocycles. The Morgan fingerprint density at radius 3 is 1.93 bits per heavy atom. The average Bonchev–Trinajstić information content (AvgIpc) is 3.93. The predicted molar refractivity (Wildman–Crippen MR) is 283 cm³/mol. The number of para-hydroxylation sites is 1. The van der Waals surface area contributed by atoms with Gasteiger partial charge in [0, 0.05) is 49.9 Å². The molecule has 3 heterocycles. The van der Waals surface area contributed by atoms with E-state index in [0.717, 1.165) is 46.9 Å². The number of nitrogens with one attached hydrogen (secondary N) is 1. The second kappa shape index (κ2) is 15.4. The van der Waals surface area contributed by atoms with E-state index in [1.54, 1.807) is 0 Å². The van der Waals surface area contributed by atoms with Crippen LogP contribution < -0.4 is 5.32 Å². The summed E-state index contributed by atoms with van der Waals surface area (Å²) in [6.45, 7) is 0. The predicted octanol–water partition coefficient (Wildman–Crippen LogP) is 15.8. The number of benzene rings is 10. The van der Waals surface area contributed by atoms with E-state index in [9.17, 15) is 0 Å². The lowest BCUT2D eigenvalue weighted by molar-refractivity contribution is 0.747. The fraction of sp³-hybridized carbons (Fsp3) is 0.0469. The lowest BCUT2D eigenvalue weighted by Crippen LogP contribution is -2.33. The van der Waals surface area contributed by atoms with E-state index in [0.29, 0.717) is 0 Å². The molecule has 320 valence electrons. The quantitative estimate of drug-likeness (QED) is 0.177. The maximum Gasteiger partial charge on any atom is 0.134 e. The van der Waals surface area contributed by atoms with Crippen molar-refractivity contribution >= 4 is 55.0 Å². The highest BCUT2D eigenvalue weighted by atomic mass is 15.1. The zero-order valence-electron chi connectivity index (χ0n) is 37.3. The summed E-state index contributed by atoms with van der Waals surface area (Å²) in [5.74, 6) is 0.865. The molecule has 2 aliphatic rings. The van der Waals surface area contributed by atoms with Gasteiger partial charge in [-0.25, -0.2) is 4.99 Å². The van der Waals surface area contributed by atoms with Gasteiger partial charge in [-0.2, -0.15) is 0 Å². The second-order valence-corrected chi connectivity index (χ2v) is 18.3. The Labute approximate surface area is 394 Å². The van der Waals surface area contributed by atoms with E-state index in [4.69, 9.17) is 4.99 Å². The van der Waals surface area contributed by atoms with Gasteiger partial charge in [-0.05, 0) is 117 Å². The third-order valence-corrected chi connectivity index (χ3v) is 14.5. The summed E-state index contributed by atoms with van der Waals surface area (Å²) in [6.07, 6.45) is 1.92. The zero-order chi connectivity index (χ0) is 44.7. The number of nitrogens with zero attached hydrogens (tertiary/aromatic N) is 3. The van der Waals surface area contributed by atoms with E-state index in [1.807, 2.05) is 0 Å². The van der Waals surface area contributed by atoms with Gasteiger partial charge in [0.25, 0.3) is 0 Å². The van der Waals surface area contributed by atoms with Gasteiger partial charge in [-0.3, -0.25) is 0 Å². The third-order valence-electron chi connectivity index (χ3n) is 14.5. The molecule has 0 spiro atoms. The van der Waals surface area contributed by atoms with Crippen LogP contribution in [0.15, 0.2) is 236 Å². The Kier molecular flexibility index (Phi) is 8.75. The summed E-state index contributed by atoms with van der Waals surface area (Å²) >= 11 is 0. The largest absolute Gasteiger partial charge is 0.359 e. The van der Waals surface area contributed by atoms with Crippen molar-refractivity contribution in [2.24, 2.45) is 4.99 Å². The van der Waals surface area contributed by atoms with Crippen molar-refractivity contribution in [3.05, 3.63) is 258 Å². The Morgan fingerprint density at radius 1 is 0.426 bits per heavy atom. The van der Waals surface area contributed by atoms with Crippen molar-refractivity contribution in [1.82, 2.24) is 14.5 Å². The van der Waals surface area contributed by atoms with Crippen LogP contribution >= 0.6 is 0 Å². The van der Waals surface area contributed by atoms with Crippen molar-refractivity contribution < 1.29 is 0 Å². The lowest BCUT2D eigenvalue weighted by Gasteiger charge is -2.29. The molecule has 0 fully saturated rings. The first-order valence-electron chi connectivity index (χ1n) is 23.7. The second-order valence-electron chi connectivity index (χ2n) is 18.3. The van der Waals surface area contributed by atoms with Crippen molar-refractivity contribution in [2.75, 3.05) is 0 Å². The van der Waals surface area contributed by atoms with Crippen LogP contribution in [0, 0.1) is 0 Å². The van der Waals surface area contributed by atoms with Crippen molar-refractivity contribution in [3.63, 3.8) is 0 Å². The molecule has 0 saturated carbocycles. The first-order chi connectivity index (χ1) is 33.7. The molecule has 68 heavy (non-hydrogen) atoms. The first-order valence-corrected chi connectivity index (χ1v) is 23.7. The number of amidine groups is 1. The van der Waals surface area contributed by atoms with Crippen LogP contribution in [0.2, 0.25) is 0 Å². The molecule has 1 atom stereocenters. The molecule has 0 radical (unpaired) electrons. The molecule has 0 bridgehead atoms. The number of aromatic nitrogens is 2. The van der Waals surface area contributed by atoms with Gasteiger partial charge in [0.2, 0.25) is 0 Å². The minimum absolute atomic E-state index is 0.158. The van der Waals surface area contributed by atoms with Crippen LogP contribution in [-0.2, 0) is 12.8 Å². The Balaban J connectivity index is 1.01. The summed E-state index contributed by atoms with van der Waals surface area (Å²) in [5.41, 5.74) is 20.5. The molecule has 1 unspecified atom stereocenters. The number of aryl methyl sites for hydroxylation is 1. The van der Waals surface area contributed by atoms with Gasteiger partial charge >= 0.3 is 0 Å². The highest BCUT2D eigenvalue weighted by Gasteiger charge is 2.30. The SMILES string of the molecule is c1ccc(-c2ccc(C3=Nc4ccc(-n5c6c(c7cc8c9c%10ccccc%10ccc9n(-c9ccccc9)c8cc75)-c5ccccc5CC6)cc4C(c4cccc(-c5ccccc5)c4)N3)cc2)cc1. The summed E-state index contributed by atoms with van der Waals surface area (Å²) in [4.78, 5) is 5.40. The minimum Gasteiger partial charge on any atom is -0.359 e. The van der Waals surface area contributed by atoms with Gasteiger partial charge in [-0.15, -0.1) is 0 Å². The number of hydrogen-bond acceptors (Lipinski definition) is 2. The summed E-state index contributed by atoms with van der Waals surface area (Å²) < 4.78 is 5.04. The molecular weight excluding hydrogens is 825 g/mol. The van der Waals surface area contributed by atoms with E-state index in [1.165, 1.54) is 93.7 Å². The molecule has 4 nitrogen and oxygen atoms in total. The molecule has 4 heteroatoms. The molecule has 12 aromatic rings. The number of aliphatic imine (C=N–C) groups is 1. The van der Waals surface area contributed by atoms with Crippen molar-refractivity contribution in [1.29, 1.82) is 0 Å². The highest BCUT2D eigenvalue weighted by molar-refractivity contribution is 6.24. The molecule has 0 amide bonds. The Bertz CT molecular complexity index is 3970. The van der Waals surface area contributed by atoms with Crippen LogP contribution in [0.5, 0.6) is 0 Å². The molecule has 0 saturated heterocycles. The topological polar surface area (TPSA) is 34.2 Å². The fourth-order valence-corrected chi connectivity index (χ4v) is 11.3. The fourth-order valence-electron chi connectivity index (χ4n) is 11.3. The first kappa shape index (κ1) is 38.5. The normalized spacial score (nSPS) is 14.1. The molecule has 2 aromatic heterocycles. The third kappa shape index (κ3) is 6.11. The van der Waals surface area contributed by atoms with Gasteiger partial charge in [0.15, 0.2) is 0 Å². The van der Waals surface area contributed by atoms with Crippen molar-refractivity contribution in [2.45, 2.75) is 18.9 Å². The Morgan fingerprint density at radius 2 is 1.10 bits per heavy atom. The van der Waals surface area contributed by atoms with Gasteiger partial charge in [0.1, 0.15) is 5.84 Å². The van der Waals surface area contributed by atoms with Crippen LogP contribution in [0.3, 0.4) is 0 Å². The summed E-state index contributed by atoms with van der Waals surface area (Å²) in [5, 5.41) is 10.3. The van der Waals surface area contributed by atoms with Gasteiger partial charge in [-0.1, -0.05) is 176 Å². The van der Waals surface area contributed by atoms with Crippen LogP contribution in [0.25, 0.3) is 88.2 Å². The van der Waals surface area contributed by atoms with E-state index < -0.39 is 0 Å². The van der Waals surface area contributed by atoms with Gasteiger partial charge in [0.05, 0.1) is 28.3 Å². The van der Waals surface area contributed by atoms with E-state index >= 15 is 0 Å².